The van der Waals surface area contributed by atoms with Crippen LogP contribution in [-0.2, 0) is 0 Å². The highest BCUT2D eigenvalue weighted by Crippen LogP contribution is 2.34. The maximum absolute atomic E-state index is 13.1. The fraction of sp³-hybridized carbons (Fsp3) is 0.200. The van der Waals surface area contributed by atoms with E-state index in [2.05, 4.69) is 18.2 Å². The number of hydrogen-bond acceptors (Lipinski definition) is 4. The highest BCUT2D eigenvalue weighted by molar-refractivity contribution is 7.21. The Morgan fingerprint density at radius 2 is 1.72 bits per heavy atom. The third-order valence-corrected chi connectivity index (χ3v) is 7.07. The molecule has 0 radical (unpaired) electrons. The fourth-order valence-electron chi connectivity index (χ4n) is 2.95. The molecule has 0 N–H and O–H groups in total. The number of aromatic nitrogens is 1. The average Bonchev–Trinajstić information content (AvgIpc) is 3.21. The summed E-state index contributed by atoms with van der Waals surface area (Å²) in [5.74, 6) is 0.0606. The summed E-state index contributed by atoms with van der Waals surface area (Å²) in [6.45, 7) is 4.07. The van der Waals surface area contributed by atoms with Crippen LogP contribution in [0.3, 0.4) is 0 Å². The van der Waals surface area contributed by atoms with Gasteiger partial charge in [-0.1, -0.05) is 30.3 Å². The summed E-state index contributed by atoms with van der Waals surface area (Å²) in [5.41, 5.74) is 2.06. The number of carbonyl (C=O) groups excluding carboxylic acids is 1. The van der Waals surface area contributed by atoms with Gasteiger partial charge in [-0.15, -0.1) is 22.7 Å². The lowest BCUT2D eigenvalue weighted by Gasteiger charge is -2.23. The van der Waals surface area contributed by atoms with E-state index in [4.69, 9.17) is 4.98 Å². The van der Waals surface area contributed by atoms with Crippen molar-refractivity contribution in [1.29, 1.82) is 0 Å². The van der Waals surface area contributed by atoms with E-state index < -0.39 is 0 Å². The second-order valence-electron chi connectivity index (χ2n) is 6.16. The molecule has 2 aromatic heterocycles. The Hall–Kier alpha value is -2.24. The summed E-state index contributed by atoms with van der Waals surface area (Å²) < 4.78 is 2.31. The molecule has 0 saturated heterocycles. The van der Waals surface area contributed by atoms with Gasteiger partial charge in [0, 0.05) is 11.7 Å². The smallest absolute Gasteiger partial charge is 0.264 e. The van der Waals surface area contributed by atoms with Gasteiger partial charge in [0.1, 0.15) is 5.01 Å². The fourth-order valence-corrected chi connectivity index (χ4v) is 5.20. The van der Waals surface area contributed by atoms with Crippen molar-refractivity contribution in [3.05, 3.63) is 64.0 Å². The summed E-state index contributed by atoms with van der Waals surface area (Å²) in [5, 5.41) is 2.13. The Morgan fingerprint density at radius 3 is 2.44 bits per heavy atom. The number of benzene rings is 2. The third-order valence-electron chi connectivity index (χ3n) is 4.61. The van der Waals surface area contributed by atoms with Gasteiger partial charge >= 0.3 is 0 Å². The van der Waals surface area contributed by atoms with E-state index in [1.807, 2.05) is 51.2 Å². The summed E-state index contributed by atoms with van der Waals surface area (Å²) in [7, 11) is 1.86. The number of thiazole rings is 1. The van der Waals surface area contributed by atoms with Crippen LogP contribution >= 0.6 is 22.7 Å². The van der Waals surface area contributed by atoms with Crippen LogP contribution in [0.4, 0.5) is 0 Å². The quantitative estimate of drug-likeness (QED) is 0.469. The molecule has 0 fully saturated rings. The van der Waals surface area contributed by atoms with Crippen molar-refractivity contribution in [2.75, 3.05) is 7.05 Å². The van der Waals surface area contributed by atoms with E-state index in [9.17, 15) is 4.79 Å². The average molecular weight is 367 g/mol. The number of thiophene rings is 1. The van der Waals surface area contributed by atoms with E-state index in [1.54, 1.807) is 27.6 Å². The molecule has 0 aliphatic carbocycles. The van der Waals surface area contributed by atoms with Crippen LogP contribution in [0.1, 0.15) is 33.2 Å². The van der Waals surface area contributed by atoms with Gasteiger partial charge in [0.15, 0.2) is 0 Å². The van der Waals surface area contributed by atoms with Gasteiger partial charge in [-0.2, -0.15) is 0 Å². The first-order valence-electron chi connectivity index (χ1n) is 8.17. The lowest BCUT2D eigenvalue weighted by Crippen LogP contribution is -2.29. The van der Waals surface area contributed by atoms with Gasteiger partial charge in [-0.25, -0.2) is 4.98 Å². The minimum Gasteiger partial charge on any atom is -0.332 e. The lowest BCUT2D eigenvalue weighted by molar-refractivity contribution is 0.0747. The molecule has 2 aromatic carbocycles. The van der Waals surface area contributed by atoms with Crippen LogP contribution in [-0.4, -0.2) is 22.8 Å². The number of aryl methyl sites for hydroxylation is 1. The second kappa shape index (κ2) is 6.24. The largest absolute Gasteiger partial charge is 0.332 e. The van der Waals surface area contributed by atoms with E-state index in [1.165, 1.54) is 0 Å². The first kappa shape index (κ1) is 16.2. The van der Waals surface area contributed by atoms with Crippen LogP contribution in [0.15, 0.2) is 48.5 Å². The van der Waals surface area contributed by atoms with Crippen LogP contribution in [0.2, 0.25) is 0 Å². The van der Waals surface area contributed by atoms with E-state index in [0.717, 1.165) is 35.8 Å². The van der Waals surface area contributed by atoms with Gasteiger partial charge in [0.05, 0.1) is 21.1 Å². The Bertz CT molecular complexity index is 1050. The van der Waals surface area contributed by atoms with Crippen molar-refractivity contribution < 1.29 is 4.79 Å². The number of amides is 1. The topological polar surface area (TPSA) is 33.2 Å². The predicted octanol–water partition coefficient (Wildman–Crippen LogP) is 5.65. The number of carbonyl (C=O) groups is 1. The third kappa shape index (κ3) is 2.73. The lowest BCUT2D eigenvalue weighted by atomic mass is 10.1. The maximum Gasteiger partial charge on any atom is 0.264 e. The van der Waals surface area contributed by atoms with Crippen LogP contribution < -0.4 is 0 Å². The molecule has 3 nitrogen and oxygen atoms in total. The molecule has 4 aromatic rings. The molecule has 0 aliphatic heterocycles. The molecule has 4 rings (SSSR count). The highest BCUT2D eigenvalue weighted by Gasteiger charge is 2.25. The normalized spacial score (nSPS) is 12.6. The van der Waals surface area contributed by atoms with Crippen LogP contribution in [0.5, 0.6) is 0 Å². The standard InChI is InChI=1S/C20H18N2OS2/c1-12-14-8-4-6-10-16(14)24-18(12)20(23)22(3)13(2)19-21-15-9-5-7-11-17(15)25-19/h4-11,13H,1-3H3. The first-order chi connectivity index (χ1) is 12.1. The molecular weight excluding hydrogens is 348 g/mol. The van der Waals surface area contributed by atoms with Crippen molar-refractivity contribution >= 4 is 48.9 Å². The van der Waals surface area contributed by atoms with Crippen LogP contribution in [0, 0.1) is 6.92 Å². The van der Waals surface area contributed by atoms with Gasteiger partial charge < -0.3 is 4.90 Å². The molecule has 5 heteroatoms. The molecule has 1 amide bonds. The summed E-state index contributed by atoms with van der Waals surface area (Å²) in [4.78, 5) is 20.4. The number of para-hydroxylation sites is 1. The van der Waals surface area contributed by atoms with Crippen molar-refractivity contribution in [1.82, 2.24) is 9.88 Å². The maximum atomic E-state index is 13.1. The summed E-state index contributed by atoms with van der Waals surface area (Å²) in [6.07, 6.45) is 0. The number of rotatable bonds is 3. The molecule has 0 bridgehead atoms. The Morgan fingerprint density at radius 1 is 1.04 bits per heavy atom. The van der Waals surface area contributed by atoms with Crippen molar-refractivity contribution in [3.8, 4) is 0 Å². The second-order valence-corrected chi connectivity index (χ2v) is 8.28. The highest BCUT2D eigenvalue weighted by atomic mass is 32.1. The van der Waals surface area contributed by atoms with E-state index in [0.29, 0.717) is 0 Å². The number of hydrogen-bond donors (Lipinski definition) is 0. The number of fused-ring (bicyclic) bond motifs is 2. The molecular formula is C20H18N2OS2. The summed E-state index contributed by atoms with van der Waals surface area (Å²) in [6, 6.07) is 16.2. The zero-order chi connectivity index (χ0) is 17.6. The van der Waals surface area contributed by atoms with Gasteiger partial charge in [0.25, 0.3) is 5.91 Å². The number of nitrogens with zero attached hydrogens (tertiary/aromatic N) is 2. The summed E-state index contributed by atoms with van der Waals surface area (Å²) >= 11 is 3.22. The molecule has 126 valence electrons. The molecule has 25 heavy (non-hydrogen) atoms. The molecule has 2 heterocycles. The monoisotopic (exact) mass is 366 g/mol. The first-order valence-corrected chi connectivity index (χ1v) is 9.80. The molecule has 0 spiro atoms. The van der Waals surface area contributed by atoms with E-state index >= 15 is 0 Å². The zero-order valence-electron chi connectivity index (χ0n) is 14.3. The van der Waals surface area contributed by atoms with Gasteiger partial charge in [-0.05, 0) is 43.0 Å². The zero-order valence-corrected chi connectivity index (χ0v) is 15.9. The predicted molar refractivity (Wildman–Crippen MR) is 107 cm³/mol. The Balaban J connectivity index is 1.67. The van der Waals surface area contributed by atoms with Gasteiger partial charge in [0.2, 0.25) is 0 Å². The van der Waals surface area contributed by atoms with Gasteiger partial charge in [-0.3, -0.25) is 4.79 Å². The minimum absolute atomic E-state index is 0.0606. The van der Waals surface area contributed by atoms with E-state index in [-0.39, 0.29) is 11.9 Å². The van der Waals surface area contributed by atoms with Crippen molar-refractivity contribution in [3.63, 3.8) is 0 Å². The van der Waals surface area contributed by atoms with Crippen molar-refractivity contribution in [2.45, 2.75) is 19.9 Å². The van der Waals surface area contributed by atoms with Crippen LogP contribution in [0.25, 0.3) is 20.3 Å². The Kier molecular flexibility index (Phi) is 4.06. The molecule has 1 atom stereocenters. The molecule has 0 saturated carbocycles. The molecule has 0 aliphatic rings. The Labute approximate surface area is 154 Å². The minimum atomic E-state index is -0.0606. The SMILES string of the molecule is Cc1c(C(=O)N(C)C(C)c2nc3ccccc3s2)sc2ccccc12. The van der Waals surface area contributed by atoms with Crippen molar-refractivity contribution in [2.24, 2.45) is 0 Å². The molecule has 1 unspecified atom stereocenters.